The van der Waals surface area contributed by atoms with Crippen LogP contribution < -0.4 is 10.1 Å². The number of rotatable bonds is 7. The van der Waals surface area contributed by atoms with Gasteiger partial charge in [-0.1, -0.05) is 30.3 Å². The molecule has 1 amide bonds. The molecule has 2 aromatic carbocycles. The zero-order valence-electron chi connectivity index (χ0n) is 14.7. The predicted molar refractivity (Wildman–Crippen MR) is 96.8 cm³/mol. The van der Waals surface area contributed by atoms with E-state index in [0.717, 1.165) is 24.2 Å². The second-order valence-electron chi connectivity index (χ2n) is 6.55. The summed E-state index contributed by atoms with van der Waals surface area (Å²) < 4.78 is 24.7. The molecule has 0 spiro atoms. The first kappa shape index (κ1) is 17.3. The average molecular weight is 366 g/mol. The molecule has 1 aromatic heterocycles. The second kappa shape index (κ2) is 7.61. The SMILES string of the molecule is O=C(NCc1ccc(OCc2ccccc2F)cc1)c1ncc(C2CC2)o1. The average Bonchev–Trinajstić information content (AvgIpc) is 3.43. The normalized spacial score (nSPS) is 13.4. The molecule has 1 aliphatic carbocycles. The molecule has 4 rings (SSSR count). The predicted octanol–water partition coefficient (Wildman–Crippen LogP) is 4.20. The molecule has 1 saturated carbocycles. The molecule has 1 N–H and O–H groups in total. The maximum atomic E-state index is 13.6. The summed E-state index contributed by atoms with van der Waals surface area (Å²) >= 11 is 0. The van der Waals surface area contributed by atoms with Crippen LogP contribution in [0.4, 0.5) is 4.39 Å². The zero-order valence-corrected chi connectivity index (χ0v) is 14.7. The molecular weight excluding hydrogens is 347 g/mol. The third-order valence-electron chi connectivity index (χ3n) is 4.43. The van der Waals surface area contributed by atoms with Crippen molar-refractivity contribution in [2.45, 2.75) is 31.9 Å². The van der Waals surface area contributed by atoms with Gasteiger partial charge in [-0.2, -0.15) is 0 Å². The minimum absolute atomic E-state index is 0.0988. The van der Waals surface area contributed by atoms with E-state index in [1.165, 1.54) is 6.07 Å². The van der Waals surface area contributed by atoms with Crippen LogP contribution in [0.5, 0.6) is 5.75 Å². The molecule has 0 unspecified atom stereocenters. The van der Waals surface area contributed by atoms with E-state index in [1.807, 2.05) is 12.1 Å². The Morgan fingerprint density at radius 1 is 1.19 bits per heavy atom. The van der Waals surface area contributed by atoms with Crippen molar-refractivity contribution in [1.82, 2.24) is 10.3 Å². The van der Waals surface area contributed by atoms with Crippen LogP contribution in [0.3, 0.4) is 0 Å². The maximum Gasteiger partial charge on any atom is 0.307 e. The number of carbonyl (C=O) groups is 1. The number of benzene rings is 2. The van der Waals surface area contributed by atoms with Gasteiger partial charge < -0.3 is 14.5 Å². The van der Waals surface area contributed by atoms with E-state index in [-0.39, 0.29) is 24.2 Å². The zero-order chi connectivity index (χ0) is 18.6. The van der Waals surface area contributed by atoms with Crippen molar-refractivity contribution in [3.8, 4) is 5.75 Å². The van der Waals surface area contributed by atoms with E-state index in [0.29, 0.717) is 23.8 Å². The van der Waals surface area contributed by atoms with Crippen molar-refractivity contribution in [1.29, 1.82) is 0 Å². The quantitative estimate of drug-likeness (QED) is 0.681. The van der Waals surface area contributed by atoms with Gasteiger partial charge in [-0.25, -0.2) is 9.37 Å². The number of oxazole rings is 1. The molecule has 0 atom stereocenters. The molecule has 0 bridgehead atoms. The minimum atomic E-state index is -0.332. The fourth-order valence-corrected chi connectivity index (χ4v) is 2.69. The van der Waals surface area contributed by atoms with Crippen LogP contribution in [-0.4, -0.2) is 10.9 Å². The minimum Gasteiger partial charge on any atom is -0.489 e. The number of amides is 1. The maximum absolute atomic E-state index is 13.6. The van der Waals surface area contributed by atoms with Gasteiger partial charge in [-0.15, -0.1) is 0 Å². The number of carbonyl (C=O) groups excluding carboxylic acids is 1. The van der Waals surface area contributed by atoms with Gasteiger partial charge in [-0.3, -0.25) is 4.79 Å². The molecule has 138 valence electrons. The summed E-state index contributed by atoms with van der Waals surface area (Å²) in [6.45, 7) is 0.518. The Morgan fingerprint density at radius 3 is 2.70 bits per heavy atom. The summed E-state index contributed by atoms with van der Waals surface area (Å²) in [7, 11) is 0. The van der Waals surface area contributed by atoms with Crippen molar-refractivity contribution in [3.63, 3.8) is 0 Å². The number of hydrogen-bond donors (Lipinski definition) is 1. The van der Waals surface area contributed by atoms with Crippen molar-refractivity contribution in [3.05, 3.63) is 83.3 Å². The van der Waals surface area contributed by atoms with Gasteiger partial charge in [0.2, 0.25) is 0 Å². The lowest BCUT2D eigenvalue weighted by atomic mass is 10.2. The summed E-state index contributed by atoms with van der Waals surface area (Å²) in [5.74, 6) is 1.33. The smallest absolute Gasteiger partial charge is 0.307 e. The van der Waals surface area contributed by atoms with E-state index < -0.39 is 0 Å². The van der Waals surface area contributed by atoms with Crippen LogP contribution in [0.2, 0.25) is 0 Å². The molecule has 5 nitrogen and oxygen atoms in total. The van der Waals surface area contributed by atoms with Crippen LogP contribution in [0, 0.1) is 5.82 Å². The van der Waals surface area contributed by atoms with Gasteiger partial charge in [-0.05, 0) is 36.6 Å². The van der Waals surface area contributed by atoms with Gasteiger partial charge in [0.25, 0.3) is 5.89 Å². The van der Waals surface area contributed by atoms with Crippen LogP contribution in [0.25, 0.3) is 0 Å². The lowest BCUT2D eigenvalue weighted by molar-refractivity contribution is 0.0914. The van der Waals surface area contributed by atoms with Crippen molar-refractivity contribution >= 4 is 5.91 Å². The summed E-state index contributed by atoms with van der Waals surface area (Å²) in [5.41, 5.74) is 1.42. The molecule has 0 saturated heterocycles. The number of nitrogens with one attached hydrogen (secondary N) is 1. The van der Waals surface area contributed by atoms with E-state index in [4.69, 9.17) is 9.15 Å². The number of aromatic nitrogens is 1. The highest BCUT2D eigenvalue weighted by Gasteiger charge is 2.28. The third-order valence-corrected chi connectivity index (χ3v) is 4.43. The first-order chi connectivity index (χ1) is 13.2. The largest absolute Gasteiger partial charge is 0.489 e. The first-order valence-electron chi connectivity index (χ1n) is 8.88. The molecule has 0 aliphatic heterocycles. The standard InChI is InChI=1S/C21H19FN2O3/c22-18-4-2-1-3-16(18)13-26-17-9-5-14(6-10-17)11-23-20(25)21-24-12-19(27-21)15-7-8-15/h1-6,9-10,12,15H,7-8,11,13H2,(H,23,25). The Balaban J connectivity index is 1.28. The first-order valence-corrected chi connectivity index (χ1v) is 8.88. The molecule has 0 radical (unpaired) electrons. The Hall–Kier alpha value is -3.15. The van der Waals surface area contributed by atoms with Crippen LogP contribution in [0.15, 0.2) is 59.1 Å². The van der Waals surface area contributed by atoms with E-state index >= 15 is 0 Å². The van der Waals surface area contributed by atoms with E-state index in [9.17, 15) is 9.18 Å². The molecule has 27 heavy (non-hydrogen) atoms. The molecular formula is C21H19FN2O3. The van der Waals surface area contributed by atoms with Gasteiger partial charge in [0.15, 0.2) is 0 Å². The highest BCUT2D eigenvalue weighted by molar-refractivity contribution is 5.89. The van der Waals surface area contributed by atoms with Gasteiger partial charge in [0.1, 0.15) is 23.9 Å². The Kier molecular flexibility index (Phi) is 4.87. The van der Waals surface area contributed by atoms with Crippen molar-refractivity contribution in [2.24, 2.45) is 0 Å². The monoisotopic (exact) mass is 366 g/mol. The number of nitrogens with zero attached hydrogens (tertiary/aromatic N) is 1. The Bertz CT molecular complexity index is 933. The Labute approximate surface area is 156 Å². The molecule has 1 fully saturated rings. The topological polar surface area (TPSA) is 64.4 Å². The fraction of sp³-hybridized carbons (Fsp3) is 0.238. The summed E-state index contributed by atoms with van der Waals surface area (Å²) in [4.78, 5) is 16.1. The van der Waals surface area contributed by atoms with Crippen molar-refractivity contribution in [2.75, 3.05) is 0 Å². The van der Waals surface area contributed by atoms with Crippen LogP contribution in [-0.2, 0) is 13.2 Å². The highest BCUT2D eigenvalue weighted by Crippen LogP contribution is 2.40. The molecule has 3 aromatic rings. The molecule has 1 aliphatic rings. The van der Waals surface area contributed by atoms with Gasteiger partial charge in [0, 0.05) is 18.0 Å². The summed E-state index contributed by atoms with van der Waals surface area (Å²) in [6, 6.07) is 13.8. The highest BCUT2D eigenvalue weighted by atomic mass is 19.1. The van der Waals surface area contributed by atoms with Gasteiger partial charge >= 0.3 is 5.91 Å². The molecule has 1 heterocycles. The Morgan fingerprint density at radius 2 is 1.96 bits per heavy atom. The van der Waals surface area contributed by atoms with Crippen LogP contribution >= 0.6 is 0 Å². The number of ether oxygens (including phenoxy) is 1. The van der Waals surface area contributed by atoms with Crippen LogP contribution in [0.1, 0.15) is 46.3 Å². The second-order valence-corrected chi connectivity index (χ2v) is 6.55. The summed E-state index contributed by atoms with van der Waals surface area (Å²) in [6.07, 6.45) is 3.83. The fourth-order valence-electron chi connectivity index (χ4n) is 2.69. The van der Waals surface area contributed by atoms with E-state index in [2.05, 4.69) is 10.3 Å². The number of halogens is 1. The lowest BCUT2D eigenvalue weighted by Crippen LogP contribution is -2.23. The molecule has 6 heteroatoms. The number of hydrogen-bond acceptors (Lipinski definition) is 4. The lowest BCUT2D eigenvalue weighted by Gasteiger charge is -2.08. The van der Waals surface area contributed by atoms with E-state index in [1.54, 1.807) is 36.5 Å². The third kappa shape index (κ3) is 4.34. The van der Waals surface area contributed by atoms with Crippen molar-refractivity contribution < 1.29 is 18.3 Å². The van der Waals surface area contributed by atoms with Gasteiger partial charge in [0.05, 0.1) is 6.20 Å². The summed E-state index contributed by atoms with van der Waals surface area (Å²) in [5, 5.41) is 2.79.